The fourth-order valence-electron chi connectivity index (χ4n) is 2.42. The van der Waals surface area contributed by atoms with Crippen LogP contribution in [0.4, 0.5) is 4.39 Å². The number of pyridine rings is 1. The molecule has 1 heterocycles. The summed E-state index contributed by atoms with van der Waals surface area (Å²) in [6, 6.07) is 7.82. The molecule has 0 aliphatic carbocycles. The van der Waals surface area contributed by atoms with Gasteiger partial charge in [-0.1, -0.05) is 19.1 Å². The smallest absolute Gasteiger partial charge is 0.250 e. The molecule has 0 fully saturated rings. The van der Waals surface area contributed by atoms with Crippen molar-refractivity contribution >= 4 is 10.0 Å². The normalized spacial score (nSPS) is 13.3. The van der Waals surface area contributed by atoms with Crippen LogP contribution >= 0.6 is 0 Å². The second kappa shape index (κ2) is 6.64. The highest BCUT2D eigenvalue weighted by molar-refractivity contribution is 7.89. The van der Waals surface area contributed by atoms with Crippen LogP contribution in [0.3, 0.4) is 0 Å². The lowest BCUT2D eigenvalue weighted by molar-refractivity contribution is 0.356. The SMILES string of the molecule is CCN(C(C)c1ccc(F)cc1)S(=O)(=O)c1ccc(=O)n(C)c1. The van der Waals surface area contributed by atoms with Crippen LogP contribution in [0.2, 0.25) is 0 Å². The molecule has 0 bridgehead atoms. The summed E-state index contributed by atoms with van der Waals surface area (Å²) in [5.74, 6) is -0.370. The first-order valence-corrected chi connectivity index (χ1v) is 8.65. The zero-order chi connectivity index (χ0) is 17.2. The molecule has 23 heavy (non-hydrogen) atoms. The summed E-state index contributed by atoms with van der Waals surface area (Å²) >= 11 is 0. The summed E-state index contributed by atoms with van der Waals surface area (Å²) in [4.78, 5) is 11.5. The van der Waals surface area contributed by atoms with E-state index in [1.165, 1.54) is 46.4 Å². The third-order valence-corrected chi connectivity index (χ3v) is 5.79. The number of aromatic nitrogens is 1. The molecule has 1 aromatic heterocycles. The number of rotatable bonds is 5. The van der Waals surface area contributed by atoms with Crippen LogP contribution in [0.5, 0.6) is 0 Å². The van der Waals surface area contributed by atoms with E-state index in [9.17, 15) is 17.6 Å². The number of hydrogen-bond donors (Lipinski definition) is 0. The number of nitrogens with zero attached hydrogens (tertiary/aromatic N) is 2. The van der Waals surface area contributed by atoms with Crippen molar-refractivity contribution in [2.24, 2.45) is 7.05 Å². The van der Waals surface area contributed by atoms with Crippen molar-refractivity contribution in [3.05, 3.63) is 64.3 Å². The third kappa shape index (κ3) is 3.51. The van der Waals surface area contributed by atoms with Crippen LogP contribution in [0.25, 0.3) is 0 Å². The van der Waals surface area contributed by atoms with Crippen LogP contribution < -0.4 is 5.56 Å². The summed E-state index contributed by atoms with van der Waals surface area (Å²) in [6.07, 6.45) is 1.30. The van der Waals surface area contributed by atoms with Crippen LogP contribution in [0.15, 0.2) is 52.3 Å². The van der Waals surface area contributed by atoms with Gasteiger partial charge in [-0.25, -0.2) is 12.8 Å². The molecule has 124 valence electrons. The van der Waals surface area contributed by atoms with Gasteiger partial charge in [-0.2, -0.15) is 4.31 Å². The number of halogens is 1. The summed E-state index contributed by atoms with van der Waals surface area (Å²) in [5, 5.41) is 0. The van der Waals surface area contributed by atoms with E-state index < -0.39 is 16.1 Å². The van der Waals surface area contributed by atoms with Crippen LogP contribution in [0, 0.1) is 5.82 Å². The van der Waals surface area contributed by atoms with Crippen molar-refractivity contribution in [1.29, 1.82) is 0 Å². The fourth-order valence-corrected chi connectivity index (χ4v) is 4.10. The molecule has 0 amide bonds. The Morgan fingerprint density at radius 1 is 1.17 bits per heavy atom. The lowest BCUT2D eigenvalue weighted by atomic mass is 10.1. The van der Waals surface area contributed by atoms with Gasteiger partial charge in [0.15, 0.2) is 0 Å². The van der Waals surface area contributed by atoms with Gasteiger partial charge in [0.25, 0.3) is 0 Å². The minimum Gasteiger partial charge on any atom is -0.317 e. The van der Waals surface area contributed by atoms with Crippen LogP contribution in [-0.4, -0.2) is 23.8 Å². The van der Waals surface area contributed by atoms with Crippen molar-refractivity contribution in [2.45, 2.75) is 24.8 Å². The Bertz CT molecular complexity index is 844. The number of aryl methyl sites for hydroxylation is 1. The van der Waals surface area contributed by atoms with Gasteiger partial charge in [-0.3, -0.25) is 4.79 Å². The zero-order valence-corrected chi connectivity index (χ0v) is 14.0. The molecule has 0 aliphatic rings. The fraction of sp³-hybridized carbons (Fsp3) is 0.312. The van der Waals surface area contributed by atoms with Crippen LogP contribution in [-0.2, 0) is 17.1 Å². The topological polar surface area (TPSA) is 59.4 Å². The van der Waals surface area contributed by atoms with E-state index >= 15 is 0 Å². The minimum atomic E-state index is -3.77. The number of benzene rings is 1. The van der Waals surface area contributed by atoms with E-state index in [0.29, 0.717) is 5.56 Å². The lowest BCUT2D eigenvalue weighted by Crippen LogP contribution is -2.34. The summed E-state index contributed by atoms with van der Waals surface area (Å²) < 4.78 is 41.3. The van der Waals surface area contributed by atoms with Gasteiger partial charge in [0, 0.05) is 31.9 Å². The second-order valence-electron chi connectivity index (χ2n) is 5.25. The van der Waals surface area contributed by atoms with E-state index in [4.69, 9.17) is 0 Å². The Morgan fingerprint density at radius 2 is 1.78 bits per heavy atom. The molecular weight excluding hydrogens is 319 g/mol. The standard InChI is InChI=1S/C16H19FN2O3S/c1-4-19(12(2)13-5-7-14(17)8-6-13)23(21,22)15-9-10-16(20)18(3)11-15/h5-12H,4H2,1-3H3. The van der Waals surface area contributed by atoms with Gasteiger partial charge in [0.05, 0.1) is 4.90 Å². The Kier molecular flexibility index (Phi) is 5.01. The lowest BCUT2D eigenvalue weighted by Gasteiger charge is -2.27. The van der Waals surface area contributed by atoms with Gasteiger partial charge in [0.1, 0.15) is 5.82 Å². The summed E-state index contributed by atoms with van der Waals surface area (Å²) in [7, 11) is -2.27. The summed E-state index contributed by atoms with van der Waals surface area (Å²) in [6.45, 7) is 3.74. The quantitative estimate of drug-likeness (QED) is 0.840. The minimum absolute atomic E-state index is 0.0513. The van der Waals surface area contributed by atoms with E-state index in [2.05, 4.69) is 0 Å². The Balaban J connectivity index is 2.43. The number of hydrogen-bond acceptors (Lipinski definition) is 3. The van der Waals surface area contributed by atoms with Gasteiger partial charge >= 0.3 is 0 Å². The summed E-state index contributed by atoms with van der Waals surface area (Å²) in [5.41, 5.74) is 0.417. The molecular formula is C16H19FN2O3S. The molecule has 7 heteroatoms. The zero-order valence-electron chi connectivity index (χ0n) is 13.2. The molecule has 0 saturated carbocycles. The maximum atomic E-state index is 13.1. The van der Waals surface area contributed by atoms with Gasteiger partial charge in [-0.05, 0) is 30.7 Å². The monoisotopic (exact) mass is 338 g/mol. The molecule has 1 atom stereocenters. The molecule has 0 N–H and O–H groups in total. The first kappa shape index (κ1) is 17.4. The highest BCUT2D eigenvalue weighted by atomic mass is 32.2. The predicted molar refractivity (Wildman–Crippen MR) is 86.1 cm³/mol. The molecule has 0 radical (unpaired) electrons. The van der Waals surface area contributed by atoms with Crippen molar-refractivity contribution in [3.63, 3.8) is 0 Å². The van der Waals surface area contributed by atoms with Crippen molar-refractivity contribution in [2.75, 3.05) is 6.54 Å². The molecule has 0 spiro atoms. The second-order valence-corrected chi connectivity index (χ2v) is 7.14. The molecule has 0 aliphatic heterocycles. The Morgan fingerprint density at radius 3 is 2.30 bits per heavy atom. The maximum Gasteiger partial charge on any atom is 0.250 e. The first-order valence-electron chi connectivity index (χ1n) is 7.21. The molecule has 2 aromatic rings. The Labute approximate surface area is 135 Å². The van der Waals surface area contributed by atoms with Crippen molar-refractivity contribution in [3.8, 4) is 0 Å². The average Bonchev–Trinajstić information content (AvgIpc) is 2.51. The highest BCUT2D eigenvalue weighted by Crippen LogP contribution is 2.26. The van der Waals surface area contributed by atoms with E-state index in [0.717, 1.165) is 0 Å². The van der Waals surface area contributed by atoms with Gasteiger partial charge < -0.3 is 4.57 Å². The molecule has 1 unspecified atom stereocenters. The van der Waals surface area contributed by atoms with Crippen molar-refractivity contribution < 1.29 is 12.8 Å². The third-order valence-electron chi connectivity index (χ3n) is 3.76. The highest BCUT2D eigenvalue weighted by Gasteiger charge is 2.29. The molecule has 2 rings (SSSR count). The largest absolute Gasteiger partial charge is 0.317 e. The van der Waals surface area contributed by atoms with Gasteiger partial charge in [0.2, 0.25) is 15.6 Å². The average molecular weight is 338 g/mol. The molecule has 5 nitrogen and oxygen atoms in total. The van der Waals surface area contributed by atoms with E-state index in [1.54, 1.807) is 26.0 Å². The molecule has 1 aromatic carbocycles. The number of sulfonamides is 1. The van der Waals surface area contributed by atoms with Crippen LogP contribution in [0.1, 0.15) is 25.5 Å². The predicted octanol–water partition coefficient (Wildman–Crippen LogP) is 2.30. The van der Waals surface area contributed by atoms with Gasteiger partial charge in [-0.15, -0.1) is 0 Å². The molecule has 0 saturated heterocycles. The maximum absolute atomic E-state index is 13.1. The first-order chi connectivity index (χ1) is 10.8. The van der Waals surface area contributed by atoms with E-state index in [-0.39, 0.29) is 22.8 Å². The van der Waals surface area contributed by atoms with E-state index in [1.807, 2.05) is 0 Å². The van der Waals surface area contributed by atoms with Crippen molar-refractivity contribution in [1.82, 2.24) is 8.87 Å². The Hall–Kier alpha value is -1.99.